The second-order valence-corrected chi connectivity index (χ2v) is 4.11. The number of hydrogen-bond donors (Lipinski definition) is 1. The molecule has 1 aromatic carbocycles. The van der Waals surface area contributed by atoms with Crippen molar-refractivity contribution in [2.45, 2.75) is 19.9 Å². The van der Waals surface area contributed by atoms with Gasteiger partial charge in [0.25, 0.3) is 5.69 Å². The summed E-state index contributed by atoms with van der Waals surface area (Å²) in [5.41, 5.74) is 0.642. The number of nitro benzene ring substituents is 1. The Morgan fingerprint density at radius 1 is 1.50 bits per heavy atom. The van der Waals surface area contributed by atoms with Gasteiger partial charge in [-0.25, -0.2) is 0 Å². The summed E-state index contributed by atoms with van der Waals surface area (Å²) in [6.45, 7) is 3.83. The first-order valence-electron chi connectivity index (χ1n) is 6.21. The average molecular weight is 282 g/mol. The third-order valence-corrected chi connectivity index (χ3v) is 2.69. The number of ether oxygens (including phenoxy) is 2. The summed E-state index contributed by atoms with van der Waals surface area (Å²) < 4.78 is 10.4. The molecule has 0 saturated carbocycles. The monoisotopic (exact) mass is 282 g/mol. The summed E-state index contributed by atoms with van der Waals surface area (Å²) in [4.78, 5) is 21.7. The van der Waals surface area contributed by atoms with Crippen LogP contribution in [0, 0.1) is 17.0 Å². The van der Waals surface area contributed by atoms with E-state index in [1.807, 2.05) is 0 Å². The van der Waals surface area contributed by atoms with E-state index >= 15 is 0 Å². The van der Waals surface area contributed by atoms with Crippen LogP contribution in [0.15, 0.2) is 18.2 Å². The van der Waals surface area contributed by atoms with Crippen molar-refractivity contribution in [3.63, 3.8) is 0 Å². The highest BCUT2D eigenvalue weighted by Crippen LogP contribution is 2.23. The van der Waals surface area contributed by atoms with Gasteiger partial charge in [-0.05, 0) is 32.5 Å². The van der Waals surface area contributed by atoms with Crippen LogP contribution in [0.1, 0.15) is 12.5 Å². The van der Waals surface area contributed by atoms with E-state index in [0.29, 0.717) is 17.9 Å². The Morgan fingerprint density at radius 2 is 2.20 bits per heavy atom. The molecule has 1 aromatic rings. The minimum absolute atomic E-state index is 0.00501. The number of non-ortho nitro benzene ring substituents is 1. The number of benzene rings is 1. The minimum Gasteiger partial charge on any atom is -0.491 e. The number of carbonyl (C=O) groups is 1. The zero-order valence-corrected chi connectivity index (χ0v) is 11.7. The predicted octanol–water partition coefficient (Wildman–Crippen LogP) is 1.43. The molecule has 0 bridgehead atoms. The van der Waals surface area contributed by atoms with Crippen molar-refractivity contribution < 1.29 is 19.2 Å². The smallest absolute Gasteiger partial charge is 0.326 e. The first-order valence-corrected chi connectivity index (χ1v) is 6.21. The first kappa shape index (κ1) is 15.9. The number of nitrogens with zero attached hydrogens (tertiary/aromatic N) is 1. The molecule has 1 atom stereocenters. The lowest BCUT2D eigenvalue weighted by molar-refractivity contribution is -0.384. The number of hydrogen-bond acceptors (Lipinski definition) is 6. The molecule has 0 aliphatic carbocycles. The van der Waals surface area contributed by atoms with Crippen molar-refractivity contribution in [3.8, 4) is 5.75 Å². The maximum atomic E-state index is 11.6. The molecule has 0 spiro atoms. The van der Waals surface area contributed by atoms with E-state index in [1.165, 1.54) is 18.2 Å². The summed E-state index contributed by atoms with van der Waals surface area (Å²) in [5, 5.41) is 13.4. The number of rotatable bonds is 7. The molecule has 0 fully saturated rings. The number of esters is 1. The summed E-state index contributed by atoms with van der Waals surface area (Å²) in [7, 11) is 1.63. The van der Waals surface area contributed by atoms with E-state index in [4.69, 9.17) is 9.47 Å². The van der Waals surface area contributed by atoms with Crippen molar-refractivity contribution in [1.29, 1.82) is 0 Å². The highest BCUT2D eigenvalue weighted by Gasteiger charge is 2.19. The van der Waals surface area contributed by atoms with E-state index in [1.54, 1.807) is 20.9 Å². The van der Waals surface area contributed by atoms with Crippen LogP contribution in [0.25, 0.3) is 0 Å². The lowest BCUT2D eigenvalue weighted by Gasteiger charge is -2.16. The summed E-state index contributed by atoms with van der Waals surface area (Å²) in [5.74, 6) is 0.106. The molecular formula is C13H18N2O5. The fourth-order valence-electron chi connectivity index (χ4n) is 1.59. The van der Waals surface area contributed by atoms with Crippen LogP contribution >= 0.6 is 0 Å². The van der Waals surface area contributed by atoms with Crippen molar-refractivity contribution in [3.05, 3.63) is 33.9 Å². The third kappa shape index (κ3) is 4.20. The van der Waals surface area contributed by atoms with E-state index in [2.05, 4.69) is 5.32 Å². The van der Waals surface area contributed by atoms with Gasteiger partial charge in [0.05, 0.1) is 11.5 Å². The second kappa shape index (κ2) is 7.44. The summed E-state index contributed by atoms with van der Waals surface area (Å²) >= 11 is 0. The lowest BCUT2D eigenvalue weighted by atomic mass is 10.2. The maximum Gasteiger partial charge on any atom is 0.326 e. The molecule has 20 heavy (non-hydrogen) atoms. The Hall–Kier alpha value is -2.15. The second-order valence-electron chi connectivity index (χ2n) is 4.11. The Balaban J connectivity index is 2.69. The van der Waals surface area contributed by atoms with Gasteiger partial charge < -0.3 is 14.8 Å². The van der Waals surface area contributed by atoms with Gasteiger partial charge in [0.1, 0.15) is 18.4 Å². The number of aryl methyl sites for hydroxylation is 1. The minimum atomic E-state index is -0.579. The Labute approximate surface area is 117 Å². The molecular weight excluding hydrogens is 264 g/mol. The third-order valence-electron chi connectivity index (χ3n) is 2.69. The van der Waals surface area contributed by atoms with Gasteiger partial charge >= 0.3 is 5.97 Å². The van der Waals surface area contributed by atoms with Gasteiger partial charge in [0.15, 0.2) is 0 Å². The zero-order valence-electron chi connectivity index (χ0n) is 11.7. The van der Waals surface area contributed by atoms with Gasteiger partial charge in [0.2, 0.25) is 0 Å². The Bertz CT molecular complexity index is 490. The molecule has 0 radical (unpaired) electrons. The van der Waals surface area contributed by atoms with Gasteiger partial charge in [-0.2, -0.15) is 0 Å². The number of nitrogens with one attached hydrogen (secondary N) is 1. The van der Waals surface area contributed by atoms with Crippen LogP contribution in [-0.4, -0.2) is 37.2 Å². The molecule has 7 nitrogen and oxygen atoms in total. The highest BCUT2D eigenvalue weighted by atomic mass is 16.6. The van der Waals surface area contributed by atoms with Crippen LogP contribution in [-0.2, 0) is 9.53 Å². The van der Waals surface area contributed by atoms with E-state index < -0.39 is 16.9 Å². The molecule has 0 heterocycles. The van der Waals surface area contributed by atoms with E-state index in [9.17, 15) is 14.9 Å². The summed E-state index contributed by atoms with van der Waals surface area (Å²) in [6.07, 6.45) is 0. The SMILES string of the molecule is CCOC(=O)C(COc1ccc([N+](=O)[O-])cc1C)NC. The van der Waals surface area contributed by atoms with Crippen molar-refractivity contribution in [1.82, 2.24) is 5.32 Å². The molecule has 7 heteroatoms. The highest BCUT2D eigenvalue weighted by molar-refractivity contribution is 5.75. The lowest BCUT2D eigenvalue weighted by Crippen LogP contribution is -2.40. The van der Waals surface area contributed by atoms with E-state index in [-0.39, 0.29) is 12.3 Å². The number of likely N-dealkylation sites (N-methyl/N-ethyl adjacent to an activating group) is 1. The zero-order chi connectivity index (χ0) is 15.1. The van der Waals surface area contributed by atoms with Crippen molar-refractivity contribution >= 4 is 11.7 Å². The van der Waals surface area contributed by atoms with Gasteiger partial charge in [-0.3, -0.25) is 14.9 Å². The molecule has 1 unspecified atom stereocenters. The standard InChI is InChI=1S/C13H18N2O5/c1-4-19-13(16)11(14-3)8-20-12-6-5-10(15(17)18)7-9(12)2/h5-7,11,14H,4,8H2,1-3H3. The van der Waals surface area contributed by atoms with Crippen LogP contribution in [0.2, 0.25) is 0 Å². The Morgan fingerprint density at radius 3 is 2.70 bits per heavy atom. The topological polar surface area (TPSA) is 90.7 Å². The average Bonchev–Trinajstić information content (AvgIpc) is 2.41. The molecule has 1 N–H and O–H groups in total. The molecule has 0 aliphatic heterocycles. The van der Waals surface area contributed by atoms with Gasteiger partial charge in [-0.15, -0.1) is 0 Å². The largest absolute Gasteiger partial charge is 0.491 e. The molecule has 0 aromatic heterocycles. The fraction of sp³-hybridized carbons (Fsp3) is 0.462. The van der Waals surface area contributed by atoms with Crippen molar-refractivity contribution in [2.75, 3.05) is 20.3 Å². The van der Waals surface area contributed by atoms with Crippen LogP contribution in [0.3, 0.4) is 0 Å². The normalized spacial score (nSPS) is 11.8. The maximum absolute atomic E-state index is 11.6. The van der Waals surface area contributed by atoms with Gasteiger partial charge in [0, 0.05) is 12.1 Å². The fourth-order valence-corrected chi connectivity index (χ4v) is 1.59. The van der Waals surface area contributed by atoms with Crippen LogP contribution in [0.5, 0.6) is 5.75 Å². The van der Waals surface area contributed by atoms with Crippen LogP contribution < -0.4 is 10.1 Å². The Kier molecular flexibility index (Phi) is 5.92. The first-order chi connectivity index (χ1) is 9.49. The molecule has 0 aliphatic rings. The van der Waals surface area contributed by atoms with E-state index in [0.717, 1.165) is 0 Å². The predicted molar refractivity (Wildman–Crippen MR) is 72.8 cm³/mol. The molecule has 0 saturated heterocycles. The molecule has 110 valence electrons. The van der Waals surface area contributed by atoms with Crippen molar-refractivity contribution in [2.24, 2.45) is 0 Å². The van der Waals surface area contributed by atoms with Gasteiger partial charge in [-0.1, -0.05) is 0 Å². The summed E-state index contributed by atoms with van der Waals surface area (Å²) in [6, 6.07) is 3.73. The van der Waals surface area contributed by atoms with Crippen LogP contribution in [0.4, 0.5) is 5.69 Å². The molecule has 0 amide bonds. The quantitative estimate of drug-likeness (QED) is 0.462. The molecule has 1 rings (SSSR count). The number of nitro groups is 1. The number of carbonyl (C=O) groups excluding carboxylic acids is 1.